The van der Waals surface area contributed by atoms with Crippen LogP contribution in [0.15, 0.2) is 48.5 Å². The minimum atomic E-state index is -0.216. The first-order valence-corrected chi connectivity index (χ1v) is 7.30. The van der Waals surface area contributed by atoms with Gasteiger partial charge in [0.1, 0.15) is 0 Å². The highest BCUT2D eigenvalue weighted by Crippen LogP contribution is 2.27. The Morgan fingerprint density at radius 2 is 2.13 bits per heavy atom. The van der Waals surface area contributed by atoms with Crippen molar-refractivity contribution in [3.8, 4) is 11.5 Å². The van der Waals surface area contributed by atoms with Crippen LogP contribution in [0.1, 0.15) is 23.1 Å². The number of carbonyl (C=O) groups excluding carboxylic acids is 1. The fourth-order valence-corrected chi connectivity index (χ4v) is 2.23. The van der Waals surface area contributed by atoms with E-state index in [0.29, 0.717) is 18.2 Å². The number of phenols is 1. The second-order valence-corrected chi connectivity index (χ2v) is 4.96. The van der Waals surface area contributed by atoms with Crippen molar-refractivity contribution in [1.82, 2.24) is 9.97 Å². The van der Waals surface area contributed by atoms with E-state index in [1.165, 1.54) is 12.1 Å². The molecule has 0 fully saturated rings. The van der Waals surface area contributed by atoms with Crippen molar-refractivity contribution in [1.29, 1.82) is 0 Å². The minimum Gasteiger partial charge on any atom is -0.504 e. The molecule has 1 aromatic heterocycles. The largest absolute Gasteiger partial charge is 0.504 e. The van der Waals surface area contributed by atoms with Crippen molar-refractivity contribution in [3.05, 3.63) is 59.9 Å². The molecule has 3 rings (SSSR count). The number of para-hydroxylation sites is 2. The average Bonchev–Trinajstić information content (AvgIpc) is 2.99. The average molecular weight is 308 g/mol. The quantitative estimate of drug-likeness (QED) is 0.558. The molecule has 0 aliphatic rings. The predicted octanol–water partition coefficient (Wildman–Crippen LogP) is 3.56. The van der Waals surface area contributed by atoms with E-state index in [4.69, 9.17) is 4.74 Å². The molecule has 5 nitrogen and oxygen atoms in total. The van der Waals surface area contributed by atoms with Crippen LogP contribution >= 0.6 is 0 Å². The maximum Gasteiger partial charge on any atom is 0.221 e. The third-order valence-electron chi connectivity index (χ3n) is 3.33. The Balaban J connectivity index is 1.81. The lowest BCUT2D eigenvalue weighted by Gasteiger charge is -2.06. The molecule has 116 valence electrons. The van der Waals surface area contributed by atoms with Gasteiger partial charge in [0.25, 0.3) is 0 Å². The number of fused-ring (bicyclic) bond motifs is 1. The number of phenolic OH excluding ortho intramolecular Hbond substituents is 1. The van der Waals surface area contributed by atoms with Crippen LogP contribution in [0, 0.1) is 0 Å². The van der Waals surface area contributed by atoms with Crippen molar-refractivity contribution in [2.45, 2.75) is 6.92 Å². The number of carbonyl (C=O) groups is 1. The Kier molecular flexibility index (Phi) is 4.10. The lowest BCUT2D eigenvalue weighted by Crippen LogP contribution is -1.96. The minimum absolute atomic E-state index is 0.0765. The molecule has 23 heavy (non-hydrogen) atoms. The molecule has 0 atom stereocenters. The third kappa shape index (κ3) is 3.23. The molecule has 0 saturated carbocycles. The number of hydrogen-bond donors (Lipinski definition) is 2. The van der Waals surface area contributed by atoms with Gasteiger partial charge in [0.05, 0.1) is 17.6 Å². The van der Waals surface area contributed by atoms with E-state index in [2.05, 4.69) is 9.97 Å². The maximum atomic E-state index is 12.2. The SMILES string of the molecule is CCOc1cc(/C=C/C(=O)c2nc3ccccc3[nH]2)ccc1O. The number of hydrogen-bond acceptors (Lipinski definition) is 4. The van der Waals surface area contributed by atoms with E-state index in [1.54, 1.807) is 18.2 Å². The molecule has 3 aromatic rings. The Bertz CT molecular complexity index is 848. The molecule has 0 aliphatic heterocycles. The molecule has 0 aliphatic carbocycles. The first-order chi connectivity index (χ1) is 11.2. The fraction of sp³-hybridized carbons (Fsp3) is 0.111. The summed E-state index contributed by atoms with van der Waals surface area (Å²) in [5, 5.41) is 9.67. The van der Waals surface area contributed by atoms with Crippen molar-refractivity contribution in [2.75, 3.05) is 6.61 Å². The summed E-state index contributed by atoms with van der Waals surface area (Å²) in [6.45, 7) is 2.30. The number of ether oxygens (including phenoxy) is 1. The number of aromatic hydroxyl groups is 1. The van der Waals surface area contributed by atoms with Crippen LogP contribution in [-0.2, 0) is 0 Å². The topological polar surface area (TPSA) is 75.2 Å². The number of nitrogens with one attached hydrogen (secondary N) is 1. The maximum absolute atomic E-state index is 12.2. The number of benzene rings is 2. The molecule has 1 heterocycles. The summed E-state index contributed by atoms with van der Waals surface area (Å²) in [7, 11) is 0. The number of allylic oxidation sites excluding steroid dienone is 1. The first-order valence-electron chi connectivity index (χ1n) is 7.30. The molecule has 0 radical (unpaired) electrons. The summed E-state index contributed by atoms with van der Waals surface area (Å²) >= 11 is 0. The van der Waals surface area contributed by atoms with Gasteiger partial charge < -0.3 is 14.8 Å². The Morgan fingerprint density at radius 3 is 2.91 bits per heavy atom. The number of H-pyrrole nitrogens is 1. The molecule has 0 saturated heterocycles. The van der Waals surface area contributed by atoms with Gasteiger partial charge in [-0.05, 0) is 42.8 Å². The van der Waals surface area contributed by atoms with Gasteiger partial charge in [-0.1, -0.05) is 24.3 Å². The zero-order chi connectivity index (χ0) is 16.2. The molecular formula is C18H16N2O3. The van der Waals surface area contributed by atoms with Crippen molar-refractivity contribution < 1.29 is 14.6 Å². The zero-order valence-electron chi connectivity index (χ0n) is 12.6. The molecule has 5 heteroatoms. The van der Waals surface area contributed by atoms with Gasteiger partial charge in [0.2, 0.25) is 5.78 Å². The Labute approximate surface area is 133 Å². The number of ketones is 1. The van der Waals surface area contributed by atoms with Crippen LogP contribution in [-0.4, -0.2) is 27.5 Å². The summed E-state index contributed by atoms with van der Waals surface area (Å²) < 4.78 is 5.32. The number of aromatic amines is 1. The van der Waals surface area contributed by atoms with Gasteiger partial charge in [-0.25, -0.2) is 4.98 Å². The first kappa shape index (κ1) is 14.8. The predicted molar refractivity (Wildman–Crippen MR) is 88.7 cm³/mol. The summed E-state index contributed by atoms with van der Waals surface area (Å²) in [5.41, 5.74) is 2.34. The Hall–Kier alpha value is -3.08. The van der Waals surface area contributed by atoms with Crippen LogP contribution in [0.3, 0.4) is 0 Å². The second kappa shape index (κ2) is 6.36. The zero-order valence-corrected chi connectivity index (χ0v) is 12.6. The third-order valence-corrected chi connectivity index (χ3v) is 3.33. The van der Waals surface area contributed by atoms with Crippen LogP contribution < -0.4 is 4.74 Å². The van der Waals surface area contributed by atoms with Crippen LogP contribution in [0.2, 0.25) is 0 Å². The highest BCUT2D eigenvalue weighted by atomic mass is 16.5. The molecule has 0 unspecified atom stereocenters. The van der Waals surface area contributed by atoms with Gasteiger partial charge in [-0.3, -0.25) is 4.79 Å². The summed E-state index contributed by atoms with van der Waals surface area (Å²) in [5.74, 6) is 0.553. The van der Waals surface area contributed by atoms with Crippen molar-refractivity contribution in [2.24, 2.45) is 0 Å². The Morgan fingerprint density at radius 1 is 1.30 bits per heavy atom. The highest BCUT2D eigenvalue weighted by molar-refractivity contribution is 6.05. The van der Waals surface area contributed by atoms with E-state index >= 15 is 0 Å². The standard InChI is InChI=1S/C18H16N2O3/c1-2-23-17-11-12(7-9-15(17)21)8-10-16(22)18-19-13-5-3-4-6-14(13)20-18/h3-11,21H,2H2,1H3,(H,19,20)/b10-8+. The molecular weight excluding hydrogens is 292 g/mol. The molecule has 0 amide bonds. The molecule has 2 aromatic carbocycles. The number of imidazole rings is 1. The van der Waals surface area contributed by atoms with E-state index in [0.717, 1.165) is 16.6 Å². The van der Waals surface area contributed by atoms with Gasteiger partial charge in [-0.15, -0.1) is 0 Å². The summed E-state index contributed by atoms with van der Waals surface area (Å²) in [6, 6.07) is 12.4. The molecule has 0 bridgehead atoms. The van der Waals surface area contributed by atoms with Crippen LogP contribution in [0.25, 0.3) is 17.1 Å². The number of nitrogens with zero attached hydrogens (tertiary/aromatic N) is 1. The van der Waals surface area contributed by atoms with Gasteiger partial charge in [0.15, 0.2) is 17.3 Å². The molecule has 2 N–H and O–H groups in total. The number of aromatic nitrogens is 2. The monoisotopic (exact) mass is 308 g/mol. The van der Waals surface area contributed by atoms with Gasteiger partial charge in [0, 0.05) is 0 Å². The van der Waals surface area contributed by atoms with Gasteiger partial charge >= 0.3 is 0 Å². The fourth-order valence-electron chi connectivity index (χ4n) is 2.23. The highest BCUT2D eigenvalue weighted by Gasteiger charge is 2.08. The van der Waals surface area contributed by atoms with E-state index in [1.807, 2.05) is 31.2 Å². The lowest BCUT2D eigenvalue weighted by molar-refractivity contribution is 0.103. The van der Waals surface area contributed by atoms with Crippen LogP contribution in [0.4, 0.5) is 0 Å². The normalized spacial score (nSPS) is 11.2. The van der Waals surface area contributed by atoms with E-state index in [-0.39, 0.29) is 11.5 Å². The lowest BCUT2D eigenvalue weighted by atomic mass is 10.1. The number of rotatable bonds is 5. The van der Waals surface area contributed by atoms with E-state index < -0.39 is 0 Å². The second-order valence-electron chi connectivity index (χ2n) is 4.96. The van der Waals surface area contributed by atoms with E-state index in [9.17, 15) is 9.90 Å². The van der Waals surface area contributed by atoms with Crippen molar-refractivity contribution in [3.63, 3.8) is 0 Å². The van der Waals surface area contributed by atoms with Crippen molar-refractivity contribution >= 4 is 22.9 Å². The summed E-state index contributed by atoms with van der Waals surface area (Å²) in [4.78, 5) is 19.5. The van der Waals surface area contributed by atoms with Gasteiger partial charge in [-0.2, -0.15) is 0 Å². The molecule has 0 spiro atoms. The smallest absolute Gasteiger partial charge is 0.221 e. The van der Waals surface area contributed by atoms with Crippen LogP contribution in [0.5, 0.6) is 11.5 Å². The summed E-state index contributed by atoms with van der Waals surface area (Å²) in [6.07, 6.45) is 3.11.